The van der Waals surface area contributed by atoms with Crippen LogP contribution in [-0.2, 0) is 11.2 Å². The van der Waals surface area contributed by atoms with Gasteiger partial charge in [0.15, 0.2) is 0 Å². The largest absolute Gasteiger partial charge is 0.355 e. The Kier molecular flexibility index (Phi) is 4.90. The predicted molar refractivity (Wildman–Crippen MR) is 78.5 cm³/mol. The van der Waals surface area contributed by atoms with Gasteiger partial charge >= 0.3 is 0 Å². The van der Waals surface area contributed by atoms with E-state index >= 15 is 0 Å². The molecule has 3 N–H and O–H groups in total. The highest BCUT2D eigenvalue weighted by atomic mass is 16.1. The number of hydrogen-bond donors (Lipinski definition) is 2. The second kappa shape index (κ2) is 6.86. The van der Waals surface area contributed by atoms with E-state index in [9.17, 15) is 4.79 Å². The molecule has 5 nitrogen and oxygen atoms in total. The van der Waals surface area contributed by atoms with Crippen LogP contribution in [0.25, 0.3) is 5.69 Å². The van der Waals surface area contributed by atoms with E-state index in [0.29, 0.717) is 13.1 Å². The van der Waals surface area contributed by atoms with Crippen LogP contribution in [0.2, 0.25) is 0 Å². The Morgan fingerprint density at radius 2 is 2.15 bits per heavy atom. The van der Waals surface area contributed by atoms with Gasteiger partial charge in [0.05, 0.1) is 5.69 Å². The average molecular weight is 272 g/mol. The van der Waals surface area contributed by atoms with Gasteiger partial charge in [0.1, 0.15) is 0 Å². The fourth-order valence-corrected chi connectivity index (χ4v) is 1.85. The molecule has 0 bridgehead atoms. The molecule has 0 fully saturated rings. The lowest BCUT2D eigenvalue weighted by Gasteiger charge is -2.10. The van der Waals surface area contributed by atoms with Gasteiger partial charge in [0, 0.05) is 31.4 Å². The van der Waals surface area contributed by atoms with Crippen LogP contribution in [0.3, 0.4) is 0 Å². The summed E-state index contributed by atoms with van der Waals surface area (Å²) in [6.07, 6.45) is 4.47. The molecule has 1 unspecified atom stereocenters. The van der Waals surface area contributed by atoms with Crippen molar-refractivity contribution < 1.29 is 4.79 Å². The minimum Gasteiger partial charge on any atom is -0.355 e. The zero-order valence-electron chi connectivity index (χ0n) is 11.6. The zero-order chi connectivity index (χ0) is 14.4. The second-order valence-electron chi connectivity index (χ2n) is 4.79. The van der Waals surface area contributed by atoms with Gasteiger partial charge < -0.3 is 11.1 Å². The summed E-state index contributed by atoms with van der Waals surface area (Å²) in [4.78, 5) is 11.6. The average Bonchev–Trinajstić information content (AvgIpc) is 3.01. The van der Waals surface area contributed by atoms with E-state index in [2.05, 4.69) is 22.5 Å². The molecule has 0 saturated heterocycles. The number of carbonyl (C=O) groups excluding carboxylic acids is 1. The second-order valence-corrected chi connectivity index (χ2v) is 4.79. The van der Waals surface area contributed by atoms with Gasteiger partial charge in [0.25, 0.3) is 0 Å². The lowest BCUT2D eigenvalue weighted by atomic mass is 10.1. The number of aromatic nitrogens is 2. The molecule has 1 aromatic heterocycles. The molecule has 106 valence electrons. The number of benzene rings is 1. The molecule has 1 aromatic carbocycles. The Morgan fingerprint density at radius 1 is 1.40 bits per heavy atom. The molecular formula is C15H20N4O. The first-order valence-electron chi connectivity index (χ1n) is 6.77. The van der Waals surface area contributed by atoms with Crippen molar-refractivity contribution in [2.75, 3.05) is 13.1 Å². The summed E-state index contributed by atoms with van der Waals surface area (Å²) in [5.41, 5.74) is 7.66. The van der Waals surface area contributed by atoms with Crippen LogP contribution in [0.15, 0.2) is 42.7 Å². The number of carbonyl (C=O) groups is 1. The highest BCUT2D eigenvalue weighted by molar-refractivity contribution is 5.78. The fourth-order valence-electron chi connectivity index (χ4n) is 1.85. The number of nitrogens with two attached hydrogens (primary N) is 1. The van der Waals surface area contributed by atoms with Crippen LogP contribution in [0.1, 0.15) is 12.5 Å². The summed E-state index contributed by atoms with van der Waals surface area (Å²) in [5.74, 6) is -0.113. The van der Waals surface area contributed by atoms with Crippen molar-refractivity contribution in [3.8, 4) is 5.69 Å². The monoisotopic (exact) mass is 272 g/mol. The summed E-state index contributed by atoms with van der Waals surface area (Å²) in [6.45, 7) is 2.84. The lowest BCUT2D eigenvalue weighted by molar-refractivity contribution is -0.124. The fraction of sp³-hybridized carbons (Fsp3) is 0.333. The van der Waals surface area contributed by atoms with Gasteiger partial charge in [-0.25, -0.2) is 4.68 Å². The third-order valence-electron chi connectivity index (χ3n) is 3.22. The quantitative estimate of drug-likeness (QED) is 0.828. The van der Waals surface area contributed by atoms with E-state index in [1.807, 2.05) is 36.0 Å². The van der Waals surface area contributed by atoms with Crippen molar-refractivity contribution in [2.45, 2.75) is 13.3 Å². The van der Waals surface area contributed by atoms with Gasteiger partial charge in [-0.1, -0.05) is 19.1 Å². The van der Waals surface area contributed by atoms with Gasteiger partial charge in [-0.2, -0.15) is 5.10 Å². The molecule has 20 heavy (non-hydrogen) atoms. The van der Waals surface area contributed by atoms with Crippen molar-refractivity contribution in [3.05, 3.63) is 48.3 Å². The van der Waals surface area contributed by atoms with Crippen LogP contribution in [0.5, 0.6) is 0 Å². The number of rotatable bonds is 6. The van der Waals surface area contributed by atoms with E-state index in [0.717, 1.165) is 12.1 Å². The molecular weight excluding hydrogens is 252 g/mol. The first kappa shape index (κ1) is 14.3. The SMILES string of the molecule is CC(CN)C(=O)NCCc1ccc(-n2cccn2)cc1. The normalized spacial score (nSPS) is 12.1. The Labute approximate surface area is 118 Å². The maximum Gasteiger partial charge on any atom is 0.224 e. The van der Waals surface area contributed by atoms with Crippen LogP contribution in [0, 0.1) is 5.92 Å². The van der Waals surface area contributed by atoms with Gasteiger partial charge in [0.2, 0.25) is 5.91 Å². The van der Waals surface area contributed by atoms with Crippen molar-refractivity contribution in [1.82, 2.24) is 15.1 Å². The molecule has 0 aliphatic carbocycles. The van der Waals surface area contributed by atoms with E-state index < -0.39 is 0 Å². The summed E-state index contributed by atoms with van der Waals surface area (Å²) in [5, 5.41) is 7.07. The summed E-state index contributed by atoms with van der Waals surface area (Å²) in [7, 11) is 0. The molecule has 0 radical (unpaired) electrons. The number of hydrogen-bond acceptors (Lipinski definition) is 3. The Balaban J connectivity index is 1.84. The minimum absolute atomic E-state index is 0.0145. The van der Waals surface area contributed by atoms with E-state index in [4.69, 9.17) is 5.73 Å². The summed E-state index contributed by atoms with van der Waals surface area (Å²) in [6, 6.07) is 10.0. The van der Waals surface area contributed by atoms with Crippen LogP contribution >= 0.6 is 0 Å². The van der Waals surface area contributed by atoms with Gasteiger partial charge in [-0.05, 0) is 30.2 Å². The Hall–Kier alpha value is -2.14. The standard InChI is InChI=1S/C15H20N4O/c1-12(11-16)15(20)17-9-7-13-3-5-14(6-4-13)19-10-2-8-18-19/h2-6,8,10,12H,7,9,11,16H2,1H3,(H,17,20). The summed E-state index contributed by atoms with van der Waals surface area (Å²) >= 11 is 0. The van der Waals surface area contributed by atoms with Gasteiger partial charge in [-0.15, -0.1) is 0 Å². The van der Waals surface area contributed by atoms with Crippen LogP contribution < -0.4 is 11.1 Å². The molecule has 1 atom stereocenters. The maximum absolute atomic E-state index is 11.6. The van der Waals surface area contributed by atoms with Gasteiger partial charge in [-0.3, -0.25) is 4.79 Å². The van der Waals surface area contributed by atoms with Crippen molar-refractivity contribution >= 4 is 5.91 Å². The topological polar surface area (TPSA) is 72.9 Å². The lowest BCUT2D eigenvalue weighted by Crippen LogP contribution is -2.34. The highest BCUT2D eigenvalue weighted by Gasteiger charge is 2.09. The minimum atomic E-state index is -0.128. The maximum atomic E-state index is 11.6. The third-order valence-corrected chi connectivity index (χ3v) is 3.22. The summed E-state index contributed by atoms with van der Waals surface area (Å²) < 4.78 is 1.81. The molecule has 1 amide bonds. The van der Waals surface area contributed by atoms with Crippen LogP contribution in [0.4, 0.5) is 0 Å². The highest BCUT2D eigenvalue weighted by Crippen LogP contribution is 2.08. The number of nitrogens with one attached hydrogen (secondary N) is 1. The van der Waals surface area contributed by atoms with E-state index in [1.54, 1.807) is 6.20 Å². The number of amides is 1. The third kappa shape index (κ3) is 3.68. The predicted octanol–water partition coefficient (Wildman–Crippen LogP) is 1.13. The molecule has 0 spiro atoms. The van der Waals surface area contributed by atoms with Crippen molar-refractivity contribution in [3.63, 3.8) is 0 Å². The molecule has 2 rings (SSSR count). The molecule has 2 aromatic rings. The van der Waals surface area contributed by atoms with Crippen molar-refractivity contribution in [1.29, 1.82) is 0 Å². The smallest absolute Gasteiger partial charge is 0.224 e. The van der Waals surface area contributed by atoms with E-state index in [-0.39, 0.29) is 11.8 Å². The Bertz CT molecular complexity index is 534. The molecule has 1 heterocycles. The van der Waals surface area contributed by atoms with Crippen molar-refractivity contribution in [2.24, 2.45) is 11.7 Å². The first-order valence-corrected chi connectivity index (χ1v) is 6.77. The van der Waals surface area contributed by atoms with Crippen LogP contribution in [-0.4, -0.2) is 28.8 Å². The van der Waals surface area contributed by atoms with E-state index in [1.165, 1.54) is 5.56 Å². The molecule has 0 aliphatic heterocycles. The molecule has 0 saturated carbocycles. The molecule has 5 heteroatoms. The Morgan fingerprint density at radius 3 is 2.75 bits per heavy atom. The molecule has 0 aliphatic rings. The number of nitrogens with zero attached hydrogens (tertiary/aromatic N) is 2. The zero-order valence-corrected chi connectivity index (χ0v) is 11.6. The first-order chi connectivity index (χ1) is 9.70.